The molecule has 0 spiro atoms. The third-order valence-electron chi connectivity index (χ3n) is 2.93. The van der Waals surface area contributed by atoms with Crippen LogP contribution < -0.4 is 5.32 Å². The van der Waals surface area contributed by atoms with Crippen LogP contribution in [0, 0.1) is 20.8 Å². The van der Waals surface area contributed by atoms with Gasteiger partial charge in [0.2, 0.25) is 0 Å². The molecule has 2 nitrogen and oxygen atoms in total. The molecule has 2 aromatic rings. The van der Waals surface area contributed by atoms with E-state index in [-0.39, 0.29) is 0 Å². The summed E-state index contributed by atoms with van der Waals surface area (Å²) < 4.78 is 5.38. The van der Waals surface area contributed by atoms with Crippen LogP contribution in [0.1, 0.15) is 22.5 Å². The summed E-state index contributed by atoms with van der Waals surface area (Å²) in [6.07, 6.45) is 1.73. The molecule has 1 aromatic carbocycles. The summed E-state index contributed by atoms with van der Waals surface area (Å²) in [5, 5.41) is 3.36. The Morgan fingerprint density at radius 1 is 1.00 bits per heavy atom. The van der Waals surface area contributed by atoms with Crippen molar-refractivity contribution < 1.29 is 4.42 Å². The maximum Gasteiger partial charge on any atom is 0.125 e. The van der Waals surface area contributed by atoms with Gasteiger partial charge in [-0.1, -0.05) is 6.07 Å². The molecular weight excluding hydrogens is 198 g/mol. The number of rotatable bonds is 3. The fraction of sp³-hybridized carbons (Fsp3) is 0.286. The van der Waals surface area contributed by atoms with E-state index in [1.54, 1.807) is 6.26 Å². The largest absolute Gasteiger partial charge is 0.467 e. The summed E-state index contributed by atoms with van der Waals surface area (Å²) in [6, 6.07) is 8.37. The van der Waals surface area contributed by atoms with Gasteiger partial charge in [0, 0.05) is 5.69 Å². The van der Waals surface area contributed by atoms with E-state index < -0.39 is 0 Å². The molecular formula is C14H17NO. The number of furan rings is 1. The molecule has 0 aliphatic carbocycles. The summed E-state index contributed by atoms with van der Waals surface area (Å²) in [7, 11) is 0. The average molecular weight is 215 g/mol. The summed E-state index contributed by atoms with van der Waals surface area (Å²) in [4.78, 5) is 0. The Balaban J connectivity index is 2.05. The van der Waals surface area contributed by atoms with Crippen LogP contribution in [-0.2, 0) is 6.54 Å². The highest BCUT2D eigenvalue weighted by Gasteiger charge is 2.01. The van der Waals surface area contributed by atoms with Crippen LogP contribution >= 0.6 is 0 Å². The van der Waals surface area contributed by atoms with Gasteiger partial charge in [-0.05, 0) is 55.7 Å². The van der Waals surface area contributed by atoms with Crippen LogP contribution in [0.4, 0.5) is 5.69 Å². The van der Waals surface area contributed by atoms with Gasteiger partial charge in [-0.2, -0.15) is 0 Å². The Morgan fingerprint density at radius 3 is 2.44 bits per heavy atom. The topological polar surface area (TPSA) is 25.2 Å². The molecule has 0 unspecified atom stereocenters. The van der Waals surface area contributed by atoms with E-state index in [1.165, 1.54) is 16.7 Å². The van der Waals surface area contributed by atoms with Gasteiger partial charge in [0.15, 0.2) is 0 Å². The quantitative estimate of drug-likeness (QED) is 0.842. The number of hydrogen-bond donors (Lipinski definition) is 1. The van der Waals surface area contributed by atoms with Crippen molar-refractivity contribution in [3.05, 3.63) is 53.0 Å². The van der Waals surface area contributed by atoms with Crippen molar-refractivity contribution in [1.82, 2.24) is 0 Å². The summed E-state index contributed by atoms with van der Waals surface area (Å²) >= 11 is 0. The van der Waals surface area contributed by atoms with Crippen molar-refractivity contribution in [2.75, 3.05) is 5.32 Å². The normalized spacial score (nSPS) is 10.4. The second kappa shape index (κ2) is 4.44. The molecule has 0 atom stereocenters. The van der Waals surface area contributed by atoms with Gasteiger partial charge in [0.1, 0.15) is 5.76 Å². The molecule has 1 heterocycles. The third kappa shape index (κ3) is 2.27. The van der Waals surface area contributed by atoms with Crippen LogP contribution in [0.3, 0.4) is 0 Å². The third-order valence-corrected chi connectivity index (χ3v) is 2.93. The maximum absolute atomic E-state index is 5.38. The van der Waals surface area contributed by atoms with E-state index >= 15 is 0 Å². The fourth-order valence-electron chi connectivity index (χ4n) is 1.62. The Bertz CT molecular complexity index is 485. The molecule has 0 fully saturated rings. The molecule has 2 rings (SSSR count). The van der Waals surface area contributed by atoms with Gasteiger partial charge >= 0.3 is 0 Å². The minimum Gasteiger partial charge on any atom is -0.467 e. The number of anilines is 1. The first-order valence-electron chi connectivity index (χ1n) is 5.51. The molecule has 0 aliphatic heterocycles. The van der Waals surface area contributed by atoms with Crippen molar-refractivity contribution in [2.24, 2.45) is 0 Å². The van der Waals surface area contributed by atoms with E-state index in [1.807, 2.05) is 6.07 Å². The molecule has 0 saturated carbocycles. The highest BCUT2D eigenvalue weighted by molar-refractivity contribution is 5.48. The van der Waals surface area contributed by atoms with Crippen LogP contribution in [0.15, 0.2) is 34.9 Å². The molecule has 0 bridgehead atoms. The predicted molar refractivity (Wildman–Crippen MR) is 66.7 cm³/mol. The molecule has 84 valence electrons. The summed E-state index contributed by atoms with van der Waals surface area (Å²) in [5.41, 5.74) is 4.95. The molecule has 2 heteroatoms. The average Bonchev–Trinajstić information content (AvgIpc) is 2.66. The first-order chi connectivity index (χ1) is 7.66. The lowest BCUT2D eigenvalue weighted by Crippen LogP contribution is -1.99. The Labute approximate surface area is 96.3 Å². The number of nitrogens with one attached hydrogen (secondary N) is 1. The van der Waals surface area contributed by atoms with Crippen LogP contribution in [0.2, 0.25) is 0 Å². The molecule has 0 saturated heterocycles. The van der Waals surface area contributed by atoms with Crippen molar-refractivity contribution in [2.45, 2.75) is 27.3 Å². The Morgan fingerprint density at radius 2 is 1.81 bits per heavy atom. The highest BCUT2D eigenvalue weighted by Crippen LogP contribution is 2.16. The minimum absolute atomic E-state index is 0.737. The molecule has 0 radical (unpaired) electrons. The van der Waals surface area contributed by atoms with Gasteiger partial charge in [-0.15, -0.1) is 0 Å². The monoisotopic (exact) mass is 215 g/mol. The number of benzene rings is 1. The van der Waals surface area contributed by atoms with Crippen LogP contribution in [0.25, 0.3) is 0 Å². The Hall–Kier alpha value is -1.70. The molecule has 0 amide bonds. The highest BCUT2D eigenvalue weighted by atomic mass is 16.3. The zero-order valence-electron chi connectivity index (χ0n) is 10.0. The van der Waals surface area contributed by atoms with Crippen LogP contribution in [0.5, 0.6) is 0 Å². The lowest BCUT2D eigenvalue weighted by molar-refractivity contribution is 0.515. The van der Waals surface area contributed by atoms with Crippen molar-refractivity contribution in [3.8, 4) is 0 Å². The van der Waals surface area contributed by atoms with Crippen molar-refractivity contribution in [1.29, 1.82) is 0 Å². The summed E-state index contributed by atoms with van der Waals surface area (Å²) in [6.45, 7) is 7.04. The van der Waals surface area contributed by atoms with Crippen LogP contribution in [-0.4, -0.2) is 0 Å². The minimum atomic E-state index is 0.737. The second-order valence-corrected chi connectivity index (χ2v) is 4.18. The predicted octanol–water partition coefficient (Wildman–Crippen LogP) is 3.82. The van der Waals surface area contributed by atoms with E-state index in [9.17, 15) is 0 Å². The second-order valence-electron chi connectivity index (χ2n) is 4.18. The summed E-state index contributed by atoms with van der Waals surface area (Å²) in [5.74, 6) is 0.998. The number of hydrogen-bond acceptors (Lipinski definition) is 2. The van der Waals surface area contributed by atoms with Gasteiger partial charge in [-0.3, -0.25) is 0 Å². The van der Waals surface area contributed by atoms with Crippen molar-refractivity contribution >= 4 is 5.69 Å². The van der Waals surface area contributed by atoms with Gasteiger partial charge in [0.05, 0.1) is 12.8 Å². The van der Waals surface area contributed by atoms with E-state index in [4.69, 9.17) is 4.42 Å². The zero-order valence-corrected chi connectivity index (χ0v) is 10.0. The molecule has 1 N–H and O–H groups in total. The SMILES string of the molecule is Cc1ccc(NCc2occc2C)cc1C. The zero-order chi connectivity index (χ0) is 11.5. The van der Waals surface area contributed by atoms with Gasteiger partial charge < -0.3 is 9.73 Å². The van der Waals surface area contributed by atoms with Gasteiger partial charge in [-0.25, -0.2) is 0 Å². The molecule has 0 aliphatic rings. The smallest absolute Gasteiger partial charge is 0.125 e. The number of aryl methyl sites for hydroxylation is 3. The van der Waals surface area contributed by atoms with Gasteiger partial charge in [0.25, 0.3) is 0 Å². The van der Waals surface area contributed by atoms with Crippen molar-refractivity contribution in [3.63, 3.8) is 0 Å². The molecule has 1 aromatic heterocycles. The lowest BCUT2D eigenvalue weighted by Gasteiger charge is -2.07. The van der Waals surface area contributed by atoms with E-state index in [0.29, 0.717) is 0 Å². The maximum atomic E-state index is 5.38. The molecule has 16 heavy (non-hydrogen) atoms. The van der Waals surface area contributed by atoms with E-state index in [0.717, 1.165) is 18.0 Å². The Kier molecular flexibility index (Phi) is 3.00. The van der Waals surface area contributed by atoms with E-state index in [2.05, 4.69) is 44.3 Å². The first-order valence-corrected chi connectivity index (χ1v) is 5.51. The standard InChI is InChI=1S/C14H17NO/c1-10-4-5-13(8-12(10)3)15-9-14-11(2)6-7-16-14/h4-8,15H,9H2,1-3H3. The first kappa shape index (κ1) is 10.8. The fourth-order valence-corrected chi connectivity index (χ4v) is 1.62. The lowest BCUT2D eigenvalue weighted by atomic mass is 10.1.